The maximum Gasteiger partial charge on any atom is 0.133 e. The highest BCUT2D eigenvalue weighted by atomic mass is 14.9. The van der Waals surface area contributed by atoms with Crippen LogP contribution in [0.1, 0.15) is 22.8 Å². The topological polar surface area (TPSA) is 64.7 Å². The standard InChI is InChI=1S/C12H14N4/c1-9-5-11(7-13)16-12(15-9)6-10-3-2-4-14-8-10/h2-5,8H,6-7,13H2,1H3. The fourth-order valence-electron chi connectivity index (χ4n) is 1.57. The summed E-state index contributed by atoms with van der Waals surface area (Å²) < 4.78 is 0. The van der Waals surface area contributed by atoms with Crippen LogP contribution in [0.2, 0.25) is 0 Å². The van der Waals surface area contributed by atoms with Crippen molar-refractivity contribution in [2.45, 2.75) is 19.9 Å². The summed E-state index contributed by atoms with van der Waals surface area (Å²) in [4.78, 5) is 12.8. The van der Waals surface area contributed by atoms with E-state index in [1.54, 1.807) is 6.20 Å². The molecule has 0 aromatic carbocycles. The van der Waals surface area contributed by atoms with E-state index < -0.39 is 0 Å². The molecule has 16 heavy (non-hydrogen) atoms. The van der Waals surface area contributed by atoms with Crippen molar-refractivity contribution >= 4 is 0 Å². The lowest BCUT2D eigenvalue weighted by Crippen LogP contribution is -2.06. The fourth-order valence-corrected chi connectivity index (χ4v) is 1.57. The molecule has 0 saturated carbocycles. The van der Waals surface area contributed by atoms with Gasteiger partial charge in [0, 0.05) is 31.1 Å². The van der Waals surface area contributed by atoms with Gasteiger partial charge in [-0.3, -0.25) is 4.98 Å². The van der Waals surface area contributed by atoms with E-state index in [4.69, 9.17) is 5.73 Å². The molecule has 2 aromatic heterocycles. The average Bonchev–Trinajstić information content (AvgIpc) is 2.29. The number of rotatable bonds is 3. The number of aromatic nitrogens is 3. The lowest BCUT2D eigenvalue weighted by atomic mass is 10.2. The Kier molecular flexibility index (Phi) is 3.22. The van der Waals surface area contributed by atoms with Gasteiger partial charge in [0.05, 0.1) is 5.69 Å². The number of aryl methyl sites for hydroxylation is 1. The molecule has 2 aromatic rings. The van der Waals surface area contributed by atoms with Crippen LogP contribution in [-0.2, 0) is 13.0 Å². The van der Waals surface area contributed by atoms with Gasteiger partial charge in [0.2, 0.25) is 0 Å². The van der Waals surface area contributed by atoms with E-state index in [-0.39, 0.29) is 0 Å². The number of nitrogens with zero attached hydrogens (tertiary/aromatic N) is 3. The van der Waals surface area contributed by atoms with Gasteiger partial charge in [-0.2, -0.15) is 0 Å². The van der Waals surface area contributed by atoms with Crippen molar-refractivity contribution in [1.82, 2.24) is 15.0 Å². The maximum atomic E-state index is 5.58. The summed E-state index contributed by atoms with van der Waals surface area (Å²) in [5, 5.41) is 0. The van der Waals surface area contributed by atoms with Gasteiger partial charge >= 0.3 is 0 Å². The van der Waals surface area contributed by atoms with Crippen LogP contribution in [0.5, 0.6) is 0 Å². The van der Waals surface area contributed by atoms with Crippen molar-refractivity contribution in [2.24, 2.45) is 5.73 Å². The first-order valence-electron chi connectivity index (χ1n) is 5.20. The van der Waals surface area contributed by atoms with Crippen LogP contribution in [-0.4, -0.2) is 15.0 Å². The second kappa shape index (κ2) is 4.81. The van der Waals surface area contributed by atoms with E-state index in [2.05, 4.69) is 15.0 Å². The number of pyridine rings is 1. The zero-order chi connectivity index (χ0) is 11.4. The normalized spacial score (nSPS) is 10.4. The molecule has 0 amide bonds. The number of hydrogen-bond donors (Lipinski definition) is 1. The molecule has 0 spiro atoms. The SMILES string of the molecule is Cc1cc(CN)nc(Cc2cccnc2)n1. The second-order valence-electron chi connectivity index (χ2n) is 3.66. The predicted octanol–water partition coefficient (Wildman–Crippen LogP) is 1.23. The molecule has 0 unspecified atom stereocenters. The Labute approximate surface area is 94.6 Å². The van der Waals surface area contributed by atoms with Crippen molar-refractivity contribution in [1.29, 1.82) is 0 Å². The third kappa shape index (κ3) is 2.61. The molecule has 2 heterocycles. The third-order valence-corrected chi connectivity index (χ3v) is 2.25. The summed E-state index contributed by atoms with van der Waals surface area (Å²) in [6.07, 6.45) is 4.28. The summed E-state index contributed by atoms with van der Waals surface area (Å²) in [5.74, 6) is 0.799. The van der Waals surface area contributed by atoms with Crippen LogP contribution in [0, 0.1) is 6.92 Å². The van der Waals surface area contributed by atoms with Crippen LogP contribution < -0.4 is 5.73 Å². The van der Waals surface area contributed by atoms with Gasteiger partial charge in [0.1, 0.15) is 5.82 Å². The largest absolute Gasteiger partial charge is 0.325 e. The van der Waals surface area contributed by atoms with E-state index in [1.807, 2.05) is 31.3 Å². The van der Waals surface area contributed by atoms with Gasteiger partial charge in [-0.15, -0.1) is 0 Å². The molecule has 0 bridgehead atoms. The Morgan fingerprint density at radius 1 is 1.31 bits per heavy atom. The molecule has 0 saturated heterocycles. The molecule has 2 N–H and O–H groups in total. The summed E-state index contributed by atoms with van der Waals surface area (Å²) in [7, 11) is 0. The van der Waals surface area contributed by atoms with Crippen molar-refractivity contribution in [2.75, 3.05) is 0 Å². The average molecular weight is 214 g/mol. The van der Waals surface area contributed by atoms with Gasteiger partial charge in [-0.05, 0) is 24.6 Å². The number of nitrogens with two attached hydrogens (primary N) is 1. The van der Waals surface area contributed by atoms with Crippen molar-refractivity contribution in [3.8, 4) is 0 Å². The molecule has 0 aliphatic heterocycles. The van der Waals surface area contributed by atoms with Gasteiger partial charge in [-0.1, -0.05) is 6.07 Å². The van der Waals surface area contributed by atoms with Crippen molar-refractivity contribution in [3.63, 3.8) is 0 Å². The molecule has 4 heteroatoms. The van der Waals surface area contributed by atoms with E-state index in [9.17, 15) is 0 Å². The molecule has 0 atom stereocenters. The molecule has 0 aliphatic rings. The summed E-state index contributed by atoms with van der Waals surface area (Å²) >= 11 is 0. The monoisotopic (exact) mass is 214 g/mol. The molecular formula is C12H14N4. The van der Waals surface area contributed by atoms with Crippen LogP contribution in [0.3, 0.4) is 0 Å². The molecule has 0 radical (unpaired) electrons. The minimum atomic E-state index is 0.448. The Morgan fingerprint density at radius 2 is 2.19 bits per heavy atom. The predicted molar refractivity (Wildman–Crippen MR) is 61.7 cm³/mol. The van der Waals surface area contributed by atoms with Crippen LogP contribution in [0.4, 0.5) is 0 Å². The Morgan fingerprint density at radius 3 is 2.88 bits per heavy atom. The zero-order valence-electron chi connectivity index (χ0n) is 9.22. The lowest BCUT2D eigenvalue weighted by molar-refractivity contribution is 0.871. The number of hydrogen-bond acceptors (Lipinski definition) is 4. The smallest absolute Gasteiger partial charge is 0.133 e. The van der Waals surface area contributed by atoms with E-state index in [0.29, 0.717) is 13.0 Å². The molecule has 82 valence electrons. The minimum absolute atomic E-state index is 0.448. The highest BCUT2D eigenvalue weighted by Gasteiger charge is 2.02. The van der Waals surface area contributed by atoms with E-state index in [1.165, 1.54) is 0 Å². The fraction of sp³-hybridized carbons (Fsp3) is 0.250. The molecule has 2 rings (SSSR count). The minimum Gasteiger partial charge on any atom is -0.325 e. The van der Waals surface area contributed by atoms with Crippen LogP contribution >= 0.6 is 0 Å². The first kappa shape index (κ1) is 10.7. The van der Waals surface area contributed by atoms with Gasteiger partial charge in [-0.25, -0.2) is 9.97 Å². The Hall–Kier alpha value is -1.81. The molecule has 0 fully saturated rings. The first-order chi connectivity index (χ1) is 7.78. The van der Waals surface area contributed by atoms with E-state index >= 15 is 0 Å². The lowest BCUT2D eigenvalue weighted by Gasteiger charge is -2.04. The summed E-state index contributed by atoms with van der Waals surface area (Å²) in [5.41, 5.74) is 8.52. The Bertz CT molecular complexity index is 468. The van der Waals surface area contributed by atoms with Gasteiger partial charge in [0.15, 0.2) is 0 Å². The summed E-state index contributed by atoms with van der Waals surface area (Å²) in [6.45, 7) is 2.40. The first-order valence-corrected chi connectivity index (χ1v) is 5.20. The Balaban J connectivity index is 2.24. The highest BCUT2D eigenvalue weighted by molar-refractivity contribution is 5.17. The second-order valence-corrected chi connectivity index (χ2v) is 3.66. The quantitative estimate of drug-likeness (QED) is 0.834. The highest BCUT2D eigenvalue weighted by Crippen LogP contribution is 2.06. The molecule has 0 aliphatic carbocycles. The van der Waals surface area contributed by atoms with Crippen molar-refractivity contribution < 1.29 is 0 Å². The summed E-state index contributed by atoms with van der Waals surface area (Å²) in [6, 6.07) is 5.84. The molecule has 4 nitrogen and oxygen atoms in total. The van der Waals surface area contributed by atoms with Gasteiger partial charge < -0.3 is 5.73 Å². The molecular weight excluding hydrogens is 200 g/mol. The maximum absolute atomic E-state index is 5.58. The van der Waals surface area contributed by atoms with E-state index in [0.717, 1.165) is 22.8 Å². The van der Waals surface area contributed by atoms with Gasteiger partial charge in [0.25, 0.3) is 0 Å². The zero-order valence-corrected chi connectivity index (χ0v) is 9.22. The van der Waals surface area contributed by atoms with Crippen LogP contribution in [0.15, 0.2) is 30.6 Å². The van der Waals surface area contributed by atoms with Crippen molar-refractivity contribution in [3.05, 3.63) is 53.4 Å². The van der Waals surface area contributed by atoms with Crippen LogP contribution in [0.25, 0.3) is 0 Å². The third-order valence-electron chi connectivity index (χ3n) is 2.25.